The standard InChI is InChI=1S/C36H42N4O9/c1-17-23(16-41)31(42)28-21(33(17)46-5)13-25-30-29-22(34(47-6)18(2)35(48-7)32(29)43)12-24(39(30)3)26(14-37)40(25)27(28)15-38-36(44)49-20-10-8-19(45-4)9-11-20/h8-11,24-27,30,41-43H,12-13,15-16H2,1-7H3,(H,38,44)/t24?,25-,26-,27-,30+/m0/s1. The molecule has 13 heteroatoms. The fourth-order valence-electron chi connectivity index (χ4n) is 8.40. The van der Waals surface area contributed by atoms with Crippen molar-refractivity contribution in [3.05, 3.63) is 63.2 Å². The number of nitrogens with zero attached hydrogens (tertiary/aromatic N) is 3. The van der Waals surface area contributed by atoms with Gasteiger partial charge in [-0.1, -0.05) is 0 Å². The number of aromatic hydroxyl groups is 2. The van der Waals surface area contributed by atoms with E-state index in [9.17, 15) is 25.4 Å². The predicted molar refractivity (Wildman–Crippen MR) is 178 cm³/mol. The van der Waals surface area contributed by atoms with Gasteiger partial charge in [0, 0.05) is 57.6 Å². The van der Waals surface area contributed by atoms with Crippen molar-refractivity contribution in [3.63, 3.8) is 0 Å². The Morgan fingerprint density at radius 2 is 1.47 bits per heavy atom. The number of fused-ring (bicyclic) bond motifs is 7. The third-order valence-electron chi connectivity index (χ3n) is 10.5. The molecule has 6 rings (SSSR count). The number of carbonyl (C=O) groups is 1. The smallest absolute Gasteiger partial charge is 0.412 e. The van der Waals surface area contributed by atoms with E-state index in [0.717, 1.165) is 5.56 Å². The van der Waals surface area contributed by atoms with E-state index in [-0.39, 0.29) is 24.1 Å². The third-order valence-corrected chi connectivity index (χ3v) is 10.5. The molecular weight excluding hydrogens is 632 g/mol. The van der Waals surface area contributed by atoms with Crippen LogP contribution in [0.1, 0.15) is 51.0 Å². The monoisotopic (exact) mass is 674 g/mol. The number of amides is 1. The number of aliphatic hydroxyl groups is 1. The van der Waals surface area contributed by atoms with Gasteiger partial charge in [0.15, 0.2) is 11.5 Å². The van der Waals surface area contributed by atoms with Crippen LogP contribution in [0, 0.1) is 25.2 Å². The lowest BCUT2D eigenvalue weighted by Crippen LogP contribution is -2.68. The van der Waals surface area contributed by atoms with E-state index in [2.05, 4.69) is 16.3 Å². The molecule has 0 aromatic heterocycles. The van der Waals surface area contributed by atoms with Gasteiger partial charge in [-0.25, -0.2) is 4.79 Å². The van der Waals surface area contributed by atoms with Crippen molar-refractivity contribution in [2.24, 2.45) is 0 Å². The highest BCUT2D eigenvalue weighted by molar-refractivity contribution is 5.71. The minimum Gasteiger partial charge on any atom is -0.507 e. The summed E-state index contributed by atoms with van der Waals surface area (Å²) < 4.78 is 28.2. The summed E-state index contributed by atoms with van der Waals surface area (Å²) in [5.41, 5.74) is 4.16. The van der Waals surface area contributed by atoms with E-state index in [1.807, 2.05) is 18.9 Å². The van der Waals surface area contributed by atoms with E-state index >= 15 is 0 Å². The highest BCUT2D eigenvalue weighted by Gasteiger charge is 2.57. The molecule has 5 atom stereocenters. The fourth-order valence-corrected chi connectivity index (χ4v) is 8.40. The predicted octanol–water partition coefficient (Wildman–Crippen LogP) is 3.80. The first kappa shape index (κ1) is 34.0. The van der Waals surface area contributed by atoms with Gasteiger partial charge in [0.1, 0.15) is 34.8 Å². The van der Waals surface area contributed by atoms with Gasteiger partial charge in [0.05, 0.1) is 53.2 Å². The van der Waals surface area contributed by atoms with Crippen molar-refractivity contribution in [3.8, 4) is 46.3 Å². The molecular formula is C36H42N4O9. The molecule has 3 aromatic carbocycles. The molecule has 0 saturated carbocycles. The Kier molecular flexibility index (Phi) is 9.15. The van der Waals surface area contributed by atoms with Crippen LogP contribution in [-0.4, -0.2) is 91.4 Å². The number of ether oxygens (including phenoxy) is 5. The Morgan fingerprint density at radius 3 is 2.06 bits per heavy atom. The first-order valence-electron chi connectivity index (χ1n) is 16.0. The largest absolute Gasteiger partial charge is 0.507 e. The molecule has 4 N–H and O–H groups in total. The molecule has 49 heavy (non-hydrogen) atoms. The van der Waals surface area contributed by atoms with E-state index in [1.54, 1.807) is 45.4 Å². The van der Waals surface area contributed by atoms with Gasteiger partial charge >= 0.3 is 6.09 Å². The molecule has 1 amide bonds. The van der Waals surface area contributed by atoms with Gasteiger partial charge in [-0.2, -0.15) is 5.26 Å². The van der Waals surface area contributed by atoms with E-state index < -0.39 is 36.9 Å². The fraction of sp³-hybridized carbons (Fsp3) is 0.444. The maximum atomic E-state index is 13.2. The van der Waals surface area contributed by atoms with E-state index in [0.29, 0.717) is 75.0 Å². The summed E-state index contributed by atoms with van der Waals surface area (Å²) in [6, 6.07) is 6.39. The van der Waals surface area contributed by atoms with Crippen LogP contribution in [0.5, 0.6) is 40.2 Å². The minimum absolute atomic E-state index is 0.00613. The molecule has 0 radical (unpaired) electrons. The molecule has 0 spiro atoms. The van der Waals surface area contributed by atoms with Crippen LogP contribution in [0.15, 0.2) is 24.3 Å². The number of nitrogens with one attached hydrogen (secondary N) is 1. The molecule has 3 aliphatic rings. The number of piperazine rings is 1. The maximum absolute atomic E-state index is 13.2. The number of phenolic OH excluding ortho intramolecular Hbond substituents is 1. The van der Waals surface area contributed by atoms with Crippen molar-refractivity contribution in [2.45, 2.75) is 63.5 Å². The maximum Gasteiger partial charge on any atom is 0.412 e. The van der Waals surface area contributed by atoms with Gasteiger partial charge in [0.2, 0.25) is 0 Å². The number of methoxy groups -OCH3 is 4. The molecule has 3 aromatic rings. The average Bonchev–Trinajstić information content (AvgIpc) is 3.08. The lowest BCUT2D eigenvalue weighted by molar-refractivity contribution is -0.0725. The summed E-state index contributed by atoms with van der Waals surface area (Å²) in [7, 11) is 8.11. The Bertz CT molecular complexity index is 1820. The molecule has 1 fully saturated rings. The minimum atomic E-state index is -0.752. The number of nitriles is 1. The summed E-state index contributed by atoms with van der Waals surface area (Å²) >= 11 is 0. The van der Waals surface area contributed by atoms with Crippen LogP contribution in [0.2, 0.25) is 0 Å². The molecule has 3 aliphatic heterocycles. The van der Waals surface area contributed by atoms with Crippen LogP contribution in [0.25, 0.3) is 0 Å². The Hall–Kier alpha value is -4.90. The number of likely N-dealkylation sites (N-methyl/N-ethyl adjacent to an activating group) is 1. The number of hydrogen-bond acceptors (Lipinski definition) is 12. The summed E-state index contributed by atoms with van der Waals surface area (Å²) in [6.45, 7) is 3.11. The quantitative estimate of drug-likeness (QED) is 0.274. The summed E-state index contributed by atoms with van der Waals surface area (Å²) in [6.07, 6.45) is -0.0170. The average molecular weight is 675 g/mol. The molecule has 3 heterocycles. The Labute approximate surface area is 285 Å². The third kappa shape index (κ3) is 5.22. The zero-order chi connectivity index (χ0) is 35.3. The van der Waals surface area contributed by atoms with Crippen molar-refractivity contribution in [1.82, 2.24) is 15.1 Å². The number of benzene rings is 3. The summed E-state index contributed by atoms with van der Waals surface area (Å²) in [5.74, 6) is 2.22. The number of aliphatic hydroxyl groups excluding tert-OH is 1. The van der Waals surface area contributed by atoms with Gasteiger partial charge < -0.3 is 44.3 Å². The zero-order valence-electron chi connectivity index (χ0n) is 28.7. The van der Waals surface area contributed by atoms with Gasteiger partial charge in [0.25, 0.3) is 0 Å². The second kappa shape index (κ2) is 13.2. The molecule has 260 valence electrons. The Balaban J connectivity index is 1.51. The SMILES string of the molecule is COc1ccc(OC(=O)NC[C@H]2c3c(O)c(CO)c(C)c(OC)c3C[C@H]3[C@@H]4c5c(O)c(OC)c(C)c(OC)c5CC([C@H](C#N)N23)N4C)cc1. The molecule has 1 unspecified atom stereocenters. The van der Waals surface area contributed by atoms with Gasteiger partial charge in [-0.3, -0.25) is 9.80 Å². The summed E-state index contributed by atoms with van der Waals surface area (Å²) in [5, 5.41) is 47.6. The van der Waals surface area contributed by atoms with Crippen LogP contribution in [-0.2, 0) is 19.4 Å². The van der Waals surface area contributed by atoms with Crippen LogP contribution < -0.4 is 29.0 Å². The number of phenols is 2. The zero-order valence-corrected chi connectivity index (χ0v) is 28.7. The molecule has 2 bridgehead atoms. The Morgan fingerprint density at radius 1 is 0.878 bits per heavy atom. The van der Waals surface area contributed by atoms with Crippen molar-refractivity contribution in [1.29, 1.82) is 5.26 Å². The number of rotatable bonds is 8. The number of carbonyl (C=O) groups excluding carboxylic acids is 1. The van der Waals surface area contributed by atoms with E-state index in [4.69, 9.17) is 23.7 Å². The lowest BCUT2D eigenvalue weighted by Gasteiger charge is -2.60. The van der Waals surface area contributed by atoms with E-state index in [1.165, 1.54) is 14.2 Å². The second-order valence-electron chi connectivity index (χ2n) is 12.6. The molecule has 13 nitrogen and oxygen atoms in total. The first-order chi connectivity index (χ1) is 23.6. The normalized spacial score (nSPS) is 22.6. The van der Waals surface area contributed by atoms with Crippen molar-refractivity contribution < 1.29 is 43.8 Å². The number of hydrogen-bond donors (Lipinski definition) is 4. The topological polar surface area (TPSA) is 166 Å². The van der Waals surface area contributed by atoms with Crippen LogP contribution >= 0.6 is 0 Å². The summed E-state index contributed by atoms with van der Waals surface area (Å²) in [4.78, 5) is 17.4. The second-order valence-corrected chi connectivity index (χ2v) is 12.6. The van der Waals surface area contributed by atoms with Crippen LogP contribution in [0.3, 0.4) is 0 Å². The van der Waals surface area contributed by atoms with Crippen molar-refractivity contribution >= 4 is 6.09 Å². The first-order valence-corrected chi connectivity index (χ1v) is 16.0. The van der Waals surface area contributed by atoms with Crippen molar-refractivity contribution in [2.75, 3.05) is 42.0 Å². The molecule has 1 saturated heterocycles. The van der Waals surface area contributed by atoms with Crippen LogP contribution in [0.4, 0.5) is 4.79 Å². The van der Waals surface area contributed by atoms with Gasteiger partial charge in [-0.15, -0.1) is 0 Å². The van der Waals surface area contributed by atoms with Gasteiger partial charge in [-0.05, 0) is 58.0 Å². The lowest BCUT2D eigenvalue weighted by atomic mass is 9.71. The highest BCUT2D eigenvalue weighted by Crippen LogP contribution is 2.58. The molecule has 0 aliphatic carbocycles. The highest BCUT2D eigenvalue weighted by atomic mass is 16.6.